The first-order valence-electron chi connectivity index (χ1n) is 8.77. The average Bonchev–Trinajstić information content (AvgIpc) is 2.45. The van der Waals surface area contributed by atoms with E-state index in [0.717, 1.165) is 37.4 Å². The van der Waals surface area contributed by atoms with Crippen LogP contribution < -0.4 is 4.90 Å². The molecule has 1 saturated heterocycles. The third-order valence-electron chi connectivity index (χ3n) is 4.49. The molecule has 0 bridgehead atoms. The molecule has 0 N–H and O–H groups in total. The SMILES string of the molecule is CCC(CC)c1cc(N2CC(N(C)C(=O)OC(C)(C)C)C2)ncn1. The lowest BCUT2D eigenvalue weighted by atomic mass is 9.99. The van der Waals surface area contributed by atoms with Crippen LogP contribution in [0.5, 0.6) is 0 Å². The molecule has 6 nitrogen and oxygen atoms in total. The first kappa shape index (κ1) is 18.5. The lowest BCUT2D eigenvalue weighted by molar-refractivity contribution is 0.0196. The van der Waals surface area contributed by atoms with E-state index in [-0.39, 0.29) is 12.1 Å². The van der Waals surface area contributed by atoms with Gasteiger partial charge in [0.05, 0.1) is 6.04 Å². The topological polar surface area (TPSA) is 58.6 Å². The zero-order chi connectivity index (χ0) is 17.9. The smallest absolute Gasteiger partial charge is 0.410 e. The molecule has 0 radical (unpaired) electrons. The predicted octanol–water partition coefficient (Wildman–Crippen LogP) is 3.44. The minimum Gasteiger partial charge on any atom is -0.444 e. The fraction of sp³-hybridized carbons (Fsp3) is 0.722. The maximum absolute atomic E-state index is 12.1. The largest absolute Gasteiger partial charge is 0.444 e. The molecule has 1 aliphatic rings. The van der Waals surface area contributed by atoms with Crippen molar-refractivity contribution in [2.75, 3.05) is 25.0 Å². The molecule has 6 heteroatoms. The third-order valence-corrected chi connectivity index (χ3v) is 4.49. The van der Waals surface area contributed by atoms with Crippen molar-refractivity contribution in [1.82, 2.24) is 14.9 Å². The number of carbonyl (C=O) groups excluding carboxylic acids is 1. The van der Waals surface area contributed by atoms with Gasteiger partial charge in [-0.2, -0.15) is 0 Å². The molecule has 134 valence electrons. The van der Waals surface area contributed by atoms with Crippen LogP contribution in [0.15, 0.2) is 12.4 Å². The highest BCUT2D eigenvalue weighted by Crippen LogP contribution is 2.27. The van der Waals surface area contributed by atoms with Gasteiger partial charge < -0.3 is 14.5 Å². The normalized spacial score (nSPS) is 15.4. The van der Waals surface area contributed by atoms with Crippen molar-refractivity contribution in [2.24, 2.45) is 0 Å². The molecule has 1 amide bonds. The molecule has 0 spiro atoms. The predicted molar refractivity (Wildman–Crippen MR) is 95.4 cm³/mol. The molecular formula is C18H30N4O2. The van der Waals surface area contributed by atoms with Crippen LogP contribution in [-0.4, -0.2) is 52.7 Å². The Hall–Kier alpha value is -1.85. The summed E-state index contributed by atoms with van der Waals surface area (Å²) in [5.74, 6) is 1.42. The van der Waals surface area contributed by atoms with Crippen molar-refractivity contribution in [2.45, 2.75) is 65.0 Å². The zero-order valence-corrected chi connectivity index (χ0v) is 15.7. The molecule has 1 aliphatic heterocycles. The molecule has 0 atom stereocenters. The van der Waals surface area contributed by atoms with Gasteiger partial charge in [0.2, 0.25) is 0 Å². The Kier molecular flexibility index (Phi) is 5.67. The maximum Gasteiger partial charge on any atom is 0.410 e. The summed E-state index contributed by atoms with van der Waals surface area (Å²) in [5, 5.41) is 0. The van der Waals surface area contributed by atoms with Gasteiger partial charge in [0.15, 0.2) is 0 Å². The van der Waals surface area contributed by atoms with Crippen LogP contribution in [0.1, 0.15) is 59.1 Å². The van der Waals surface area contributed by atoms with Crippen LogP contribution in [0.4, 0.5) is 10.6 Å². The molecule has 2 rings (SSSR count). The van der Waals surface area contributed by atoms with Crippen LogP contribution in [0.3, 0.4) is 0 Å². The van der Waals surface area contributed by atoms with E-state index in [1.807, 2.05) is 20.8 Å². The number of hydrogen-bond acceptors (Lipinski definition) is 5. The lowest BCUT2D eigenvalue weighted by Crippen LogP contribution is -2.60. The van der Waals surface area contributed by atoms with E-state index >= 15 is 0 Å². The summed E-state index contributed by atoms with van der Waals surface area (Å²) in [6.07, 6.45) is 3.54. The first-order valence-corrected chi connectivity index (χ1v) is 8.77. The number of anilines is 1. The molecule has 0 saturated carbocycles. The molecule has 0 aromatic carbocycles. The van der Waals surface area contributed by atoms with Gasteiger partial charge in [0, 0.05) is 37.8 Å². The third kappa shape index (κ3) is 4.36. The number of carbonyl (C=O) groups is 1. The summed E-state index contributed by atoms with van der Waals surface area (Å²) in [7, 11) is 1.80. The Labute approximate surface area is 145 Å². The summed E-state index contributed by atoms with van der Waals surface area (Å²) in [6.45, 7) is 11.6. The van der Waals surface area contributed by atoms with E-state index < -0.39 is 5.60 Å². The number of nitrogens with zero attached hydrogens (tertiary/aromatic N) is 4. The number of aromatic nitrogens is 2. The highest BCUT2D eigenvalue weighted by Gasteiger charge is 2.35. The van der Waals surface area contributed by atoms with E-state index in [0.29, 0.717) is 5.92 Å². The van der Waals surface area contributed by atoms with Crippen LogP contribution in [0, 0.1) is 0 Å². The molecule has 24 heavy (non-hydrogen) atoms. The lowest BCUT2D eigenvalue weighted by Gasteiger charge is -2.44. The number of amides is 1. The van der Waals surface area contributed by atoms with E-state index in [9.17, 15) is 4.79 Å². The fourth-order valence-corrected chi connectivity index (χ4v) is 2.83. The molecule has 0 aliphatic carbocycles. The van der Waals surface area contributed by atoms with Crippen molar-refractivity contribution in [1.29, 1.82) is 0 Å². The van der Waals surface area contributed by atoms with Gasteiger partial charge in [-0.15, -0.1) is 0 Å². The Balaban J connectivity index is 1.94. The zero-order valence-electron chi connectivity index (χ0n) is 15.7. The summed E-state index contributed by atoms with van der Waals surface area (Å²) in [4.78, 5) is 24.8. The van der Waals surface area contributed by atoms with Crippen molar-refractivity contribution in [3.63, 3.8) is 0 Å². The van der Waals surface area contributed by atoms with Crippen molar-refractivity contribution in [3.05, 3.63) is 18.1 Å². The highest BCUT2D eigenvalue weighted by molar-refractivity contribution is 5.69. The van der Waals surface area contributed by atoms with Gasteiger partial charge in [0.25, 0.3) is 0 Å². The molecule has 2 heterocycles. The van der Waals surface area contributed by atoms with E-state index in [1.165, 1.54) is 0 Å². The summed E-state index contributed by atoms with van der Waals surface area (Å²) < 4.78 is 5.42. The molecular weight excluding hydrogens is 304 g/mol. The molecule has 1 fully saturated rings. The molecule has 1 aromatic heterocycles. The van der Waals surface area contributed by atoms with Crippen LogP contribution in [0.25, 0.3) is 0 Å². The maximum atomic E-state index is 12.1. The molecule has 0 unspecified atom stereocenters. The van der Waals surface area contributed by atoms with Crippen molar-refractivity contribution < 1.29 is 9.53 Å². The first-order chi connectivity index (χ1) is 11.2. The van der Waals surface area contributed by atoms with Crippen LogP contribution in [0.2, 0.25) is 0 Å². The summed E-state index contributed by atoms with van der Waals surface area (Å²) >= 11 is 0. The Morgan fingerprint density at radius 3 is 2.50 bits per heavy atom. The van der Waals surface area contributed by atoms with Crippen molar-refractivity contribution >= 4 is 11.9 Å². The average molecular weight is 334 g/mol. The Bertz CT molecular complexity index is 560. The van der Waals surface area contributed by atoms with Gasteiger partial charge in [0.1, 0.15) is 17.7 Å². The second-order valence-electron chi connectivity index (χ2n) is 7.46. The monoisotopic (exact) mass is 334 g/mol. The van der Waals surface area contributed by atoms with Crippen LogP contribution >= 0.6 is 0 Å². The highest BCUT2D eigenvalue weighted by atomic mass is 16.6. The summed E-state index contributed by atoms with van der Waals surface area (Å²) in [6, 6.07) is 2.24. The standard InChI is InChI=1S/C18H30N4O2/c1-7-13(8-2)15-9-16(20-12-19-15)22-10-14(11-22)21(6)17(23)24-18(3,4)5/h9,12-14H,7-8,10-11H2,1-6H3. The van der Waals surface area contributed by atoms with Gasteiger partial charge in [-0.3, -0.25) is 0 Å². The molecule has 1 aromatic rings. The Morgan fingerprint density at radius 1 is 1.33 bits per heavy atom. The quantitative estimate of drug-likeness (QED) is 0.825. The Morgan fingerprint density at radius 2 is 1.96 bits per heavy atom. The van der Waals surface area contributed by atoms with E-state index in [1.54, 1.807) is 18.3 Å². The number of likely N-dealkylation sites (N-methyl/N-ethyl adjacent to an activating group) is 1. The van der Waals surface area contributed by atoms with Crippen LogP contribution in [-0.2, 0) is 4.74 Å². The number of rotatable bonds is 5. The van der Waals surface area contributed by atoms with E-state index in [2.05, 4.69) is 34.8 Å². The minimum absolute atomic E-state index is 0.159. The van der Waals surface area contributed by atoms with Crippen molar-refractivity contribution in [3.8, 4) is 0 Å². The van der Waals surface area contributed by atoms with Gasteiger partial charge in [-0.1, -0.05) is 13.8 Å². The van der Waals surface area contributed by atoms with Gasteiger partial charge >= 0.3 is 6.09 Å². The number of hydrogen-bond donors (Lipinski definition) is 0. The fourth-order valence-electron chi connectivity index (χ4n) is 2.83. The summed E-state index contributed by atoms with van der Waals surface area (Å²) in [5.41, 5.74) is 0.639. The van der Waals surface area contributed by atoms with E-state index in [4.69, 9.17) is 4.74 Å². The minimum atomic E-state index is -0.467. The van der Waals surface area contributed by atoms with Gasteiger partial charge in [-0.25, -0.2) is 14.8 Å². The second kappa shape index (κ2) is 7.36. The van der Waals surface area contributed by atoms with Gasteiger partial charge in [-0.05, 0) is 33.6 Å². The second-order valence-corrected chi connectivity index (χ2v) is 7.46. The number of ether oxygens (including phenoxy) is 1.